The minimum absolute atomic E-state index is 0.0428. The zero-order valence-corrected chi connectivity index (χ0v) is 9.76. The van der Waals surface area contributed by atoms with Gasteiger partial charge in [-0.05, 0) is 25.7 Å². The quantitative estimate of drug-likeness (QED) is 0.777. The van der Waals surface area contributed by atoms with Crippen LogP contribution in [0.15, 0.2) is 12.2 Å². The van der Waals surface area contributed by atoms with E-state index in [1.54, 1.807) is 6.92 Å². The van der Waals surface area contributed by atoms with E-state index in [1.165, 1.54) is 0 Å². The van der Waals surface area contributed by atoms with Gasteiger partial charge in [-0.3, -0.25) is 0 Å². The zero-order valence-electron chi connectivity index (χ0n) is 9.76. The van der Waals surface area contributed by atoms with Crippen LogP contribution in [0.4, 0.5) is 13.2 Å². The number of ether oxygens (including phenoxy) is 1. The van der Waals surface area contributed by atoms with Gasteiger partial charge in [0.25, 0.3) is 5.85 Å². The van der Waals surface area contributed by atoms with Crippen LogP contribution < -0.4 is 0 Å². The van der Waals surface area contributed by atoms with Crippen molar-refractivity contribution in [2.75, 3.05) is 13.2 Å². The Labute approximate surface area is 98.5 Å². The first-order chi connectivity index (χ1) is 7.76. The Morgan fingerprint density at radius 1 is 1.41 bits per heavy atom. The smallest absolute Gasteiger partial charge is 0.308 e. The average Bonchev–Trinajstić information content (AvgIpc) is 2.67. The second-order valence-corrected chi connectivity index (χ2v) is 5.30. The summed E-state index contributed by atoms with van der Waals surface area (Å²) in [5, 5.41) is 9.30. The number of aliphatic hydroxyl groups is 1. The van der Waals surface area contributed by atoms with E-state index >= 15 is 0 Å². The fraction of sp³-hybridized carbons (Fsp3) is 0.833. The molecule has 0 spiro atoms. The third-order valence-corrected chi connectivity index (χ3v) is 3.85. The van der Waals surface area contributed by atoms with Crippen LogP contribution in [0.3, 0.4) is 0 Å². The van der Waals surface area contributed by atoms with Crippen molar-refractivity contribution in [2.45, 2.75) is 31.5 Å². The number of fused-ring (bicyclic) bond motifs is 2. The predicted molar refractivity (Wildman–Crippen MR) is 56.3 cm³/mol. The highest BCUT2D eigenvalue weighted by Crippen LogP contribution is 2.62. The van der Waals surface area contributed by atoms with E-state index in [0.717, 1.165) is 5.57 Å². The van der Waals surface area contributed by atoms with Crippen molar-refractivity contribution >= 4 is 0 Å². The minimum Gasteiger partial charge on any atom is -0.377 e. The molecule has 5 heteroatoms. The number of alkyl halides is 3. The van der Waals surface area contributed by atoms with Crippen LogP contribution in [0.2, 0.25) is 0 Å². The van der Waals surface area contributed by atoms with Gasteiger partial charge in [0.2, 0.25) is 0 Å². The van der Waals surface area contributed by atoms with Crippen molar-refractivity contribution in [3.8, 4) is 0 Å². The maximum Gasteiger partial charge on any atom is 0.308 e. The molecule has 2 aliphatic carbocycles. The van der Waals surface area contributed by atoms with Gasteiger partial charge in [-0.1, -0.05) is 12.2 Å². The monoisotopic (exact) mass is 250 g/mol. The second kappa shape index (κ2) is 3.99. The Balaban J connectivity index is 1.96. The van der Waals surface area contributed by atoms with Crippen LogP contribution in [0.25, 0.3) is 0 Å². The largest absolute Gasteiger partial charge is 0.377 e. The van der Waals surface area contributed by atoms with Gasteiger partial charge < -0.3 is 9.84 Å². The van der Waals surface area contributed by atoms with Crippen molar-refractivity contribution in [3.63, 3.8) is 0 Å². The van der Waals surface area contributed by atoms with E-state index in [1.807, 2.05) is 0 Å². The van der Waals surface area contributed by atoms with E-state index in [-0.39, 0.29) is 25.4 Å². The molecule has 4 unspecified atom stereocenters. The number of hydrogen-bond acceptors (Lipinski definition) is 2. The van der Waals surface area contributed by atoms with Gasteiger partial charge in [0, 0.05) is 11.8 Å². The topological polar surface area (TPSA) is 29.5 Å². The first-order valence-electron chi connectivity index (χ1n) is 5.78. The van der Waals surface area contributed by atoms with Crippen molar-refractivity contribution in [1.29, 1.82) is 0 Å². The fourth-order valence-electron chi connectivity index (χ4n) is 2.99. The van der Waals surface area contributed by atoms with Crippen LogP contribution in [0, 0.1) is 17.8 Å². The van der Waals surface area contributed by atoms with Crippen molar-refractivity contribution in [1.82, 2.24) is 0 Å². The molecule has 1 N–H and O–H groups in total. The van der Waals surface area contributed by atoms with Gasteiger partial charge >= 0.3 is 5.92 Å². The van der Waals surface area contributed by atoms with E-state index in [0.29, 0.717) is 6.61 Å². The van der Waals surface area contributed by atoms with Gasteiger partial charge in [-0.2, -0.15) is 8.78 Å². The second-order valence-electron chi connectivity index (χ2n) is 5.30. The Hall–Kier alpha value is -0.550. The van der Waals surface area contributed by atoms with Crippen molar-refractivity contribution in [3.05, 3.63) is 12.2 Å². The third kappa shape index (κ3) is 1.89. The number of halogens is 3. The van der Waals surface area contributed by atoms with Gasteiger partial charge in [0.05, 0.1) is 13.2 Å². The third-order valence-electron chi connectivity index (χ3n) is 3.85. The summed E-state index contributed by atoms with van der Waals surface area (Å²) in [6.07, 6.45) is 0.265. The van der Waals surface area contributed by atoms with Crippen LogP contribution in [0.5, 0.6) is 0 Å². The summed E-state index contributed by atoms with van der Waals surface area (Å²) in [5.74, 6) is -9.36. The van der Waals surface area contributed by atoms with Crippen LogP contribution in [-0.4, -0.2) is 30.1 Å². The van der Waals surface area contributed by atoms with E-state index in [2.05, 4.69) is 6.58 Å². The van der Waals surface area contributed by atoms with Gasteiger partial charge in [-0.15, -0.1) is 0 Å². The Morgan fingerprint density at radius 2 is 2.06 bits per heavy atom. The molecule has 2 saturated carbocycles. The molecule has 2 aliphatic rings. The summed E-state index contributed by atoms with van der Waals surface area (Å²) >= 11 is 0. The Kier molecular flexibility index (Phi) is 3.02. The van der Waals surface area contributed by atoms with E-state index < -0.39 is 23.6 Å². The molecular formula is C12H17F3O2. The molecule has 0 aromatic heterocycles. The lowest BCUT2D eigenvalue weighted by atomic mass is 9.83. The fourth-order valence-corrected chi connectivity index (χ4v) is 2.99. The molecule has 0 amide bonds. The molecule has 0 aromatic carbocycles. The SMILES string of the molecule is C=C(C)COCC1CC2CC1C(O)(F)C2(F)F. The van der Waals surface area contributed by atoms with Gasteiger partial charge in [0.1, 0.15) is 0 Å². The highest BCUT2D eigenvalue weighted by molar-refractivity contribution is 5.10. The first-order valence-corrected chi connectivity index (χ1v) is 5.78. The molecule has 2 bridgehead atoms. The zero-order chi connectivity index (χ0) is 12.8. The lowest BCUT2D eigenvalue weighted by Crippen LogP contribution is -2.52. The van der Waals surface area contributed by atoms with Crippen LogP contribution in [-0.2, 0) is 4.74 Å². The molecule has 2 rings (SSSR count). The molecule has 4 atom stereocenters. The molecule has 0 aromatic rings. The summed E-state index contributed by atoms with van der Waals surface area (Å²) in [6, 6.07) is 0. The summed E-state index contributed by atoms with van der Waals surface area (Å²) in [4.78, 5) is 0. The number of rotatable bonds is 4. The molecule has 2 fully saturated rings. The molecule has 0 radical (unpaired) electrons. The summed E-state index contributed by atoms with van der Waals surface area (Å²) in [6.45, 7) is 5.99. The molecule has 98 valence electrons. The molecule has 17 heavy (non-hydrogen) atoms. The van der Waals surface area contributed by atoms with Crippen molar-refractivity contribution < 1.29 is 23.0 Å². The predicted octanol–water partition coefficient (Wildman–Crippen LogP) is 2.53. The van der Waals surface area contributed by atoms with E-state index in [4.69, 9.17) is 4.74 Å². The maximum atomic E-state index is 13.7. The van der Waals surface area contributed by atoms with Crippen LogP contribution >= 0.6 is 0 Å². The molecule has 0 heterocycles. The highest BCUT2D eigenvalue weighted by Gasteiger charge is 2.73. The van der Waals surface area contributed by atoms with Gasteiger partial charge in [-0.25, -0.2) is 4.39 Å². The molecular weight excluding hydrogens is 233 g/mol. The molecule has 2 nitrogen and oxygen atoms in total. The average molecular weight is 250 g/mol. The molecule has 0 saturated heterocycles. The maximum absolute atomic E-state index is 13.7. The Bertz CT molecular complexity index is 328. The summed E-state index contributed by atoms with van der Waals surface area (Å²) in [7, 11) is 0. The highest BCUT2D eigenvalue weighted by atomic mass is 19.3. The minimum atomic E-state index is -3.61. The normalized spacial score (nSPS) is 43.0. The summed E-state index contributed by atoms with van der Waals surface area (Å²) < 4.78 is 45.6. The number of hydrogen-bond donors (Lipinski definition) is 1. The van der Waals surface area contributed by atoms with Crippen molar-refractivity contribution in [2.24, 2.45) is 17.8 Å². The lowest BCUT2D eigenvalue weighted by Gasteiger charge is -2.36. The first kappa shape index (κ1) is 12.9. The van der Waals surface area contributed by atoms with Gasteiger partial charge in [0.15, 0.2) is 0 Å². The molecule has 0 aliphatic heterocycles. The Morgan fingerprint density at radius 3 is 2.53 bits per heavy atom. The van der Waals surface area contributed by atoms with Crippen LogP contribution in [0.1, 0.15) is 19.8 Å². The van der Waals surface area contributed by atoms with E-state index in [9.17, 15) is 18.3 Å². The summed E-state index contributed by atoms with van der Waals surface area (Å²) in [5.41, 5.74) is 0.828. The lowest BCUT2D eigenvalue weighted by molar-refractivity contribution is -0.287. The standard InChI is InChI=1S/C12H17F3O2/c1-7(2)5-17-6-8-3-9-4-10(8)12(15,16)11(9,13)14/h8-10,16H,1,3-6H2,2H3.